The zero-order valence-corrected chi connectivity index (χ0v) is 13.2. The van der Waals surface area contributed by atoms with Crippen LogP contribution in [0.1, 0.15) is 52.4 Å². The van der Waals surface area contributed by atoms with Crippen LogP contribution in [0.4, 0.5) is 4.79 Å². The van der Waals surface area contributed by atoms with Crippen LogP contribution in [0.3, 0.4) is 0 Å². The first-order chi connectivity index (χ1) is 9.99. The fourth-order valence-corrected chi connectivity index (χ4v) is 3.07. The number of carbonyl (C=O) groups is 2. The van der Waals surface area contributed by atoms with Gasteiger partial charge in [-0.3, -0.25) is 4.79 Å². The van der Waals surface area contributed by atoms with Gasteiger partial charge in [0.25, 0.3) is 0 Å². The molecule has 2 saturated carbocycles. The smallest absolute Gasteiger partial charge is 0.317 e. The Bertz CT molecular complexity index is 364. The molecule has 2 rings (SSSR count). The van der Waals surface area contributed by atoms with Crippen molar-refractivity contribution in [1.82, 2.24) is 10.2 Å². The second kappa shape index (κ2) is 7.14. The van der Waals surface area contributed by atoms with Crippen LogP contribution in [0.25, 0.3) is 0 Å². The van der Waals surface area contributed by atoms with E-state index in [4.69, 9.17) is 5.11 Å². The molecule has 2 aliphatic carbocycles. The van der Waals surface area contributed by atoms with E-state index in [1.54, 1.807) is 4.90 Å². The maximum atomic E-state index is 12.3. The van der Waals surface area contributed by atoms with Crippen LogP contribution in [-0.2, 0) is 4.79 Å². The molecule has 0 heterocycles. The van der Waals surface area contributed by atoms with E-state index in [0.29, 0.717) is 18.9 Å². The number of amides is 2. The Balaban J connectivity index is 1.75. The van der Waals surface area contributed by atoms with Crippen LogP contribution in [0, 0.1) is 17.8 Å². The summed E-state index contributed by atoms with van der Waals surface area (Å²) in [5, 5.41) is 11.8. The highest BCUT2D eigenvalue weighted by atomic mass is 16.4. The maximum Gasteiger partial charge on any atom is 0.317 e. The zero-order chi connectivity index (χ0) is 15.4. The predicted octanol–water partition coefficient (Wildman–Crippen LogP) is 2.71. The van der Waals surface area contributed by atoms with Crippen LogP contribution >= 0.6 is 0 Å². The van der Waals surface area contributed by atoms with Crippen LogP contribution in [0.2, 0.25) is 0 Å². The van der Waals surface area contributed by atoms with Gasteiger partial charge >= 0.3 is 12.0 Å². The number of urea groups is 1. The van der Waals surface area contributed by atoms with Crippen molar-refractivity contribution in [2.24, 2.45) is 17.8 Å². The lowest BCUT2D eigenvalue weighted by Crippen LogP contribution is -2.46. The molecule has 0 aromatic heterocycles. The number of carboxylic acid groups (broad SMARTS) is 1. The summed E-state index contributed by atoms with van der Waals surface area (Å²) >= 11 is 0. The van der Waals surface area contributed by atoms with Gasteiger partial charge in [-0.2, -0.15) is 0 Å². The molecule has 2 N–H and O–H groups in total. The molecule has 0 bridgehead atoms. The van der Waals surface area contributed by atoms with Gasteiger partial charge in [0.2, 0.25) is 0 Å². The summed E-state index contributed by atoms with van der Waals surface area (Å²) in [4.78, 5) is 24.6. The third kappa shape index (κ3) is 5.21. The first-order valence-corrected chi connectivity index (χ1v) is 8.25. The molecule has 0 unspecified atom stereocenters. The van der Waals surface area contributed by atoms with Crippen LogP contribution in [0.15, 0.2) is 0 Å². The molecule has 2 fully saturated rings. The van der Waals surface area contributed by atoms with Crippen molar-refractivity contribution in [3.8, 4) is 0 Å². The highest BCUT2D eigenvalue weighted by molar-refractivity contribution is 5.74. The molecule has 0 aromatic rings. The average Bonchev–Trinajstić information content (AvgIpc) is 3.25. The predicted molar refractivity (Wildman–Crippen MR) is 81.0 cm³/mol. The van der Waals surface area contributed by atoms with Crippen molar-refractivity contribution < 1.29 is 14.7 Å². The third-order valence-corrected chi connectivity index (χ3v) is 4.62. The molecule has 0 radical (unpaired) electrons. The maximum absolute atomic E-state index is 12.3. The van der Waals surface area contributed by atoms with Gasteiger partial charge in [-0.25, -0.2) is 4.79 Å². The summed E-state index contributed by atoms with van der Waals surface area (Å²) in [7, 11) is 0. The number of hydrogen-bond acceptors (Lipinski definition) is 2. The Morgan fingerprint density at radius 1 is 1.19 bits per heavy atom. The van der Waals surface area contributed by atoms with E-state index in [1.165, 1.54) is 25.7 Å². The summed E-state index contributed by atoms with van der Waals surface area (Å²) in [6.45, 7) is 5.24. The van der Waals surface area contributed by atoms with Gasteiger partial charge in [0.15, 0.2) is 0 Å². The molecule has 2 amide bonds. The molecule has 5 heteroatoms. The Labute approximate surface area is 127 Å². The monoisotopic (exact) mass is 296 g/mol. The van der Waals surface area contributed by atoms with Crippen molar-refractivity contribution in [2.75, 3.05) is 13.1 Å². The molecule has 120 valence electrons. The molecule has 0 aliphatic heterocycles. The van der Waals surface area contributed by atoms with Crippen LogP contribution < -0.4 is 5.32 Å². The van der Waals surface area contributed by atoms with Gasteiger partial charge in [0.05, 0.1) is 0 Å². The van der Waals surface area contributed by atoms with Gasteiger partial charge in [-0.05, 0) is 63.7 Å². The van der Waals surface area contributed by atoms with Crippen molar-refractivity contribution in [3.63, 3.8) is 0 Å². The van der Waals surface area contributed by atoms with E-state index in [2.05, 4.69) is 5.32 Å². The molecule has 0 spiro atoms. The van der Waals surface area contributed by atoms with Gasteiger partial charge in [-0.15, -0.1) is 0 Å². The van der Waals surface area contributed by atoms with Gasteiger partial charge in [0.1, 0.15) is 0 Å². The largest absolute Gasteiger partial charge is 0.481 e. The van der Waals surface area contributed by atoms with Crippen molar-refractivity contribution in [3.05, 3.63) is 0 Å². The Morgan fingerprint density at radius 3 is 2.19 bits per heavy atom. The molecular weight excluding hydrogens is 268 g/mol. The number of nitrogens with one attached hydrogen (secondary N) is 1. The van der Waals surface area contributed by atoms with Crippen molar-refractivity contribution in [2.45, 2.75) is 58.4 Å². The lowest BCUT2D eigenvalue weighted by Gasteiger charge is -2.28. The minimum absolute atomic E-state index is 0.0401. The fraction of sp³-hybridized carbons (Fsp3) is 0.875. The lowest BCUT2D eigenvalue weighted by atomic mass is 9.98. The molecule has 0 atom stereocenters. The SMILES string of the molecule is CC(C)N(CCCC(=O)O)C(=O)NCC(C1CC1)C1CC1. The average molecular weight is 296 g/mol. The van der Waals surface area contributed by atoms with Crippen LogP contribution in [0.5, 0.6) is 0 Å². The zero-order valence-electron chi connectivity index (χ0n) is 13.2. The first-order valence-electron chi connectivity index (χ1n) is 8.25. The van der Waals surface area contributed by atoms with E-state index in [9.17, 15) is 9.59 Å². The van der Waals surface area contributed by atoms with Crippen LogP contribution in [-0.4, -0.2) is 41.1 Å². The van der Waals surface area contributed by atoms with E-state index >= 15 is 0 Å². The quantitative estimate of drug-likeness (QED) is 0.687. The minimum Gasteiger partial charge on any atom is -0.481 e. The minimum atomic E-state index is -0.804. The van der Waals surface area contributed by atoms with E-state index < -0.39 is 5.97 Å². The molecule has 2 aliphatic rings. The van der Waals surface area contributed by atoms with E-state index in [-0.39, 0.29) is 18.5 Å². The van der Waals surface area contributed by atoms with Crippen molar-refractivity contribution >= 4 is 12.0 Å². The highest BCUT2D eigenvalue weighted by Crippen LogP contribution is 2.48. The second-order valence-corrected chi connectivity index (χ2v) is 6.81. The number of hydrogen-bond donors (Lipinski definition) is 2. The Hall–Kier alpha value is -1.26. The number of carbonyl (C=O) groups excluding carboxylic acids is 1. The van der Waals surface area contributed by atoms with E-state index in [1.807, 2.05) is 13.8 Å². The summed E-state index contributed by atoms with van der Waals surface area (Å²) < 4.78 is 0. The molecule has 0 aromatic carbocycles. The lowest BCUT2D eigenvalue weighted by molar-refractivity contribution is -0.137. The Morgan fingerprint density at radius 2 is 1.76 bits per heavy atom. The topological polar surface area (TPSA) is 69.6 Å². The van der Waals surface area contributed by atoms with Gasteiger partial charge in [0, 0.05) is 25.6 Å². The second-order valence-electron chi connectivity index (χ2n) is 6.81. The number of carboxylic acids is 1. The highest BCUT2D eigenvalue weighted by Gasteiger charge is 2.41. The fourth-order valence-electron chi connectivity index (χ4n) is 3.07. The van der Waals surface area contributed by atoms with Crippen molar-refractivity contribution in [1.29, 1.82) is 0 Å². The third-order valence-electron chi connectivity index (χ3n) is 4.62. The molecule has 0 saturated heterocycles. The molecule has 5 nitrogen and oxygen atoms in total. The normalized spacial score (nSPS) is 18.1. The van der Waals surface area contributed by atoms with Gasteiger partial charge in [-0.1, -0.05) is 0 Å². The summed E-state index contributed by atoms with van der Waals surface area (Å²) in [5.74, 6) is 1.53. The number of aliphatic carboxylic acids is 1. The summed E-state index contributed by atoms with van der Waals surface area (Å²) in [5.41, 5.74) is 0. The molecular formula is C16H28N2O3. The summed E-state index contributed by atoms with van der Waals surface area (Å²) in [6, 6.07) is 0.0563. The van der Waals surface area contributed by atoms with E-state index in [0.717, 1.165) is 18.4 Å². The number of nitrogens with zero attached hydrogens (tertiary/aromatic N) is 1. The summed E-state index contributed by atoms with van der Waals surface area (Å²) in [6.07, 6.45) is 5.92. The standard InChI is InChI=1S/C16H28N2O3/c1-11(2)18(9-3-4-15(19)20)16(21)17-10-14(12-5-6-12)13-7-8-13/h11-14H,3-10H2,1-2H3,(H,17,21)(H,19,20). The molecule has 21 heavy (non-hydrogen) atoms. The number of rotatable bonds is 9. The van der Waals surface area contributed by atoms with Gasteiger partial charge < -0.3 is 15.3 Å². The first kappa shape index (κ1) is 16.1. The Kier molecular flexibility index (Phi) is 5.48.